The maximum atomic E-state index is 13.4. The minimum atomic E-state index is -4.10. The first-order valence-electron chi connectivity index (χ1n) is 10.9. The average molecular weight is 518 g/mol. The van der Waals surface area contributed by atoms with Crippen LogP contribution in [0.2, 0.25) is 0 Å². The smallest absolute Gasteiger partial charge is 0.259 e. The minimum Gasteiger partial charge on any atom is -0.259 e. The second-order valence-corrected chi connectivity index (χ2v) is 11.7. The molecule has 0 heterocycles. The summed E-state index contributed by atoms with van der Waals surface area (Å²) < 4.78 is 55.3. The molecule has 3 aromatic carbocycles. The van der Waals surface area contributed by atoms with Crippen LogP contribution in [-0.2, 0) is 20.0 Å². The summed E-state index contributed by atoms with van der Waals surface area (Å²) in [6.07, 6.45) is 0.596. The van der Waals surface area contributed by atoms with Crippen LogP contribution in [0.1, 0.15) is 24.0 Å². The quantitative estimate of drug-likeness (QED) is 0.231. The molecule has 35 heavy (non-hydrogen) atoms. The number of benzene rings is 3. The number of nitro groups is 1. The van der Waals surface area contributed by atoms with E-state index in [0.717, 1.165) is 15.4 Å². The summed E-state index contributed by atoms with van der Waals surface area (Å²) in [5.74, 6) is 0. The van der Waals surface area contributed by atoms with E-state index >= 15 is 0 Å². The van der Waals surface area contributed by atoms with Crippen LogP contribution in [0.4, 0.5) is 11.4 Å². The Bertz CT molecular complexity index is 1390. The molecule has 0 spiro atoms. The van der Waals surface area contributed by atoms with Crippen LogP contribution < -0.4 is 9.03 Å². The highest BCUT2D eigenvalue weighted by Gasteiger charge is 2.29. The van der Waals surface area contributed by atoms with E-state index in [1.165, 1.54) is 48.5 Å². The Labute approximate surface area is 205 Å². The molecule has 1 N–H and O–H groups in total. The molecule has 0 aromatic heterocycles. The molecule has 0 fully saturated rings. The van der Waals surface area contributed by atoms with Crippen LogP contribution >= 0.6 is 0 Å². The number of nitro benzene ring substituents is 1. The monoisotopic (exact) mass is 517 g/mol. The van der Waals surface area contributed by atoms with Crippen molar-refractivity contribution in [3.63, 3.8) is 0 Å². The van der Waals surface area contributed by atoms with Crippen LogP contribution in [0, 0.1) is 24.0 Å². The molecular formula is C24H27N3O6S2. The van der Waals surface area contributed by atoms with Gasteiger partial charge in [-0.1, -0.05) is 47.5 Å². The topological polar surface area (TPSA) is 127 Å². The molecule has 0 aliphatic carbocycles. The van der Waals surface area contributed by atoms with Crippen LogP contribution in [0.3, 0.4) is 0 Å². The van der Waals surface area contributed by atoms with E-state index in [0.29, 0.717) is 6.42 Å². The lowest BCUT2D eigenvalue weighted by Crippen LogP contribution is -2.33. The van der Waals surface area contributed by atoms with Gasteiger partial charge in [0.1, 0.15) is 5.69 Å². The maximum absolute atomic E-state index is 13.4. The molecule has 11 heteroatoms. The lowest BCUT2D eigenvalue weighted by molar-refractivity contribution is -0.384. The number of hydrogen-bond acceptors (Lipinski definition) is 6. The largest absolute Gasteiger partial charge is 0.293 e. The number of nitrogens with one attached hydrogen (secondary N) is 1. The fraction of sp³-hybridized carbons (Fsp3) is 0.250. The average Bonchev–Trinajstić information content (AvgIpc) is 2.81. The van der Waals surface area contributed by atoms with E-state index in [4.69, 9.17) is 0 Å². The van der Waals surface area contributed by atoms with Gasteiger partial charge in [-0.15, -0.1) is 0 Å². The van der Waals surface area contributed by atoms with E-state index in [2.05, 4.69) is 4.72 Å². The van der Waals surface area contributed by atoms with E-state index in [9.17, 15) is 26.9 Å². The van der Waals surface area contributed by atoms with Gasteiger partial charge in [-0.3, -0.25) is 14.4 Å². The molecule has 0 atom stereocenters. The van der Waals surface area contributed by atoms with Crippen LogP contribution in [0.25, 0.3) is 0 Å². The normalized spacial score (nSPS) is 11.8. The highest BCUT2D eigenvalue weighted by atomic mass is 32.2. The molecule has 3 aromatic rings. The fourth-order valence-corrected chi connectivity index (χ4v) is 6.02. The number of aryl methyl sites for hydroxylation is 2. The second kappa shape index (κ2) is 11.0. The zero-order valence-corrected chi connectivity index (χ0v) is 21.1. The first kappa shape index (κ1) is 26.3. The highest BCUT2D eigenvalue weighted by molar-refractivity contribution is 7.92. The maximum Gasteiger partial charge on any atom is 0.293 e. The molecule has 0 amide bonds. The van der Waals surface area contributed by atoms with Crippen molar-refractivity contribution in [1.29, 1.82) is 0 Å². The van der Waals surface area contributed by atoms with Crippen LogP contribution in [-0.4, -0.2) is 34.8 Å². The minimum absolute atomic E-state index is 0.0151. The Kier molecular flexibility index (Phi) is 8.26. The predicted octanol–water partition coefficient (Wildman–Crippen LogP) is 4.17. The summed E-state index contributed by atoms with van der Waals surface area (Å²) in [7, 11) is -7.79. The van der Waals surface area contributed by atoms with Gasteiger partial charge in [-0.05, 0) is 57.0 Å². The van der Waals surface area contributed by atoms with Gasteiger partial charge in [-0.2, -0.15) is 0 Å². The molecular weight excluding hydrogens is 490 g/mol. The van der Waals surface area contributed by atoms with Crippen molar-refractivity contribution in [1.82, 2.24) is 4.72 Å². The van der Waals surface area contributed by atoms with E-state index in [-0.39, 0.29) is 40.7 Å². The Balaban J connectivity index is 1.77. The van der Waals surface area contributed by atoms with Gasteiger partial charge in [0, 0.05) is 19.2 Å². The number of para-hydroxylation sites is 2. The Morgan fingerprint density at radius 1 is 0.800 bits per heavy atom. The zero-order valence-electron chi connectivity index (χ0n) is 19.4. The van der Waals surface area contributed by atoms with Crippen molar-refractivity contribution in [2.24, 2.45) is 0 Å². The van der Waals surface area contributed by atoms with Gasteiger partial charge >= 0.3 is 0 Å². The Morgan fingerprint density at radius 3 is 1.91 bits per heavy atom. The van der Waals surface area contributed by atoms with Gasteiger partial charge in [0.25, 0.3) is 15.7 Å². The van der Waals surface area contributed by atoms with Crippen molar-refractivity contribution in [3.8, 4) is 0 Å². The standard InChI is InChI=1S/C24H27N3O6S2/c1-19-9-13-21(14-10-19)34(30,31)25-17-5-6-18-26(23-7-3-4-8-24(23)27(28)29)35(32,33)22-15-11-20(2)12-16-22/h3-4,7-16,25H,5-6,17-18H2,1-2H3. The van der Waals surface area contributed by atoms with E-state index in [1.807, 2.05) is 13.8 Å². The first-order valence-corrected chi connectivity index (χ1v) is 13.8. The third-order valence-electron chi connectivity index (χ3n) is 5.37. The van der Waals surface area contributed by atoms with Crippen molar-refractivity contribution in [3.05, 3.63) is 94.0 Å². The number of anilines is 1. The summed E-state index contributed by atoms with van der Waals surface area (Å²) in [6.45, 7) is 3.71. The zero-order chi connectivity index (χ0) is 25.6. The molecule has 0 radical (unpaired) electrons. The van der Waals surface area contributed by atoms with Gasteiger partial charge in [-0.25, -0.2) is 21.6 Å². The third-order valence-corrected chi connectivity index (χ3v) is 8.67. The summed E-state index contributed by atoms with van der Waals surface area (Å²) in [5, 5.41) is 11.6. The van der Waals surface area contributed by atoms with Crippen molar-refractivity contribution >= 4 is 31.4 Å². The predicted molar refractivity (Wildman–Crippen MR) is 134 cm³/mol. The SMILES string of the molecule is Cc1ccc(S(=O)(=O)NCCCCN(c2ccccc2[N+](=O)[O-])S(=O)(=O)c2ccc(C)cc2)cc1. The molecule has 0 aliphatic heterocycles. The second-order valence-electron chi connectivity index (χ2n) is 8.05. The van der Waals surface area contributed by atoms with Crippen molar-refractivity contribution < 1.29 is 21.8 Å². The fourth-order valence-electron chi connectivity index (χ4n) is 3.42. The molecule has 9 nitrogen and oxygen atoms in total. The molecule has 0 aliphatic rings. The molecule has 0 bridgehead atoms. The summed E-state index contributed by atoms with van der Waals surface area (Å²) in [6, 6.07) is 18.3. The first-order chi connectivity index (χ1) is 16.5. The molecule has 186 valence electrons. The molecule has 3 rings (SSSR count). The summed E-state index contributed by atoms with van der Waals surface area (Å²) in [5.41, 5.74) is 1.44. The highest BCUT2D eigenvalue weighted by Crippen LogP contribution is 2.32. The molecule has 0 unspecified atom stereocenters. The lowest BCUT2D eigenvalue weighted by atomic mass is 10.2. The Morgan fingerprint density at radius 2 is 1.34 bits per heavy atom. The van der Waals surface area contributed by atoms with E-state index < -0.39 is 25.0 Å². The Hall–Kier alpha value is -3.28. The van der Waals surface area contributed by atoms with E-state index in [1.54, 1.807) is 24.3 Å². The van der Waals surface area contributed by atoms with Gasteiger partial charge < -0.3 is 0 Å². The van der Waals surface area contributed by atoms with Gasteiger partial charge in [0.2, 0.25) is 10.0 Å². The van der Waals surface area contributed by atoms with Gasteiger partial charge in [0.15, 0.2) is 0 Å². The third kappa shape index (κ3) is 6.44. The summed E-state index contributed by atoms with van der Waals surface area (Å²) in [4.78, 5) is 11.1. The van der Waals surface area contributed by atoms with Crippen molar-refractivity contribution in [2.75, 3.05) is 17.4 Å². The summed E-state index contributed by atoms with van der Waals surface area (Å²) >= 11 is 0. The number of sulfonamides is 2. The lowest BCUT2D eigenvalue weighted by Gasteiger charge is -2.24. The van der Waals surface area contributed by atoms with Crippen LogP contribution in [0.15, 0.2) is 82.6 Å². The molecule has 0 saturated carbocycles. The number of nitrogens with zero attached hydrogens (tertiary/aromatic N) is 2. The number of hydrogen-bond donors (Lipinski definition) is 1. The number of unbranched alkanes of at least 4 members (excludes halogenated alkanes) is 1. The van der Waals surface area contributed by atoms with Crippen molar-refractivity contribution in [2.45, 2.75) is 36.5 Å². The molecule has 0 saturated heterocycles. The number of rotatable bonds is 11. The van der Waals surface area contributed by atoms with Gasteiger partial charge in [0.05, 0.1) is 14.7 Å². The van der Waals surface area contributed by atoms with Crippen LogP contribution in [0.5, 0.6) is 0 Å².